The van der Waals surface area contributed by atoms with Gasteiger partial charge in [0.2, 0.25) is 0 Å². The molecule has 0 saturated carbocycles. The second-order valence-corrected chi connectivity index (χ2v) is 3.08. The molecule has 1 aromatic rings. The summed E-state index contributed by atoms with van der Waals surface area (Å²) in [6.07, 6.45) is -5.09. The van der Waals surface area contributed by atoms with E-state index in [1.54, 1.807) is 6.07 Å². The Morgan fingerprint density at radius 1 is 1.40 bits per heavy atom. The SMILES string of the molecule is Cc1nc(Cl)c(CC#N)c(C(F)(F)F)n1. The first kappa shape index (κ1) is 11.7. The minimum absolute atomic E-state index is 0.0750. The number of hydrogen-bond donors (Lipinski definition) is 0. The number of nitriles is 1. The molecule has 0 aliphatic carbocycles. The summed E-state index contributed by atoms with van der Waals surface area (Å²) in [6.45, 7) is 1.30. The zero-order valence-electron chi connectivity index (χ0n) is 7.56. The van der Waals surface area contributed by atoms with Crippen LogP contribution in [0.25, 0.3) is 0 Å². The van der Waals surface area contributed by atoms with Gasteiger partial charge in [0.05, 0.1) is 12.5 Å². The highest BCUT2D eigenvalue weighted by Gasteiger charge is 2.36. The van der Waals surface area contributed by atoms with Gasteiger partial charge in [-0.3, -0.25) is 0 Å². The summed E-state index contributed by atoms with van der Waals surface area (Å²) in [5.74, 6) is -0.0750. The van der Waals surface area contributed by atoms with Gasteiger partial charge in [0, 0.05) is 5.56 Å². The van der Waals surface area contributed by atoms with Crippen molar-refractivity contribution in [1.82, 2.24) is 9.97 Å². The number of rotatable bonds is 1. The third-order valence-electron chi connectivity index (χ3n) is 1.59. The Kier molecular flexibility index (Phi) is 3.15. The van der Waals surface area contributed by atoms with Crippen molar-refractivity contribution in [2.75, 3.05) is 0 Å². The van der Waals surface area contributed by atoms with E-state index in [1.165, 1.54) is 6.92 Å². The van der Waals surface area contributed by atoms with Gasteiger partial charge in [-0.1, -0.05) is 11.6 Å². The zero-order valence-corrected chi connectivity index (χ0v) is 8.32. The van der Waals surface area contributed by atoms with Gasteiger partial charge in [0.25, 0.3) is 0 Å². The molecule has 0 aliphatic heterocycles. The number of aromatic nitrogens is 2. The van der Waals surface area contributed by atoms with Crippen molar-refractivity contribution >= 4 is 11.6 Å². The van der Waals surface area contributed by atoms with Crippen LogP contribution in [0.3, 0.4) is 0 Å². The molecule has 1 aromatic heterocycles. The van der Waals surface area contributed by atoms with Crippen LogP contribution in [0.1, 0.15) is 17.1 Å². The Balaban J connectivity index is 3.41. The first-order valence-electron chi connectivity index (χ1n) is 3.83. The van der Waals surface area contributed by atoms with Crippen LogP contribution in [-0.4, -0.2) is 9.97 Å². The smallest absolute Gasteiger partial charge is 0.228 e. The summed E-state index contributed by atoms with van der Waals surface area (Å²) < 4.78 is 37.4. The Morgan fingerprint density at radius 3 is 2.47 bits per heavy atom. The molecule has 0 saturated heterocycles. The van der Waals surface area contributed by atoms with Gasteiger partial charge in [-0.05, 0) is 6.92 Å². The molecule has 1 rings (SSSR count). The lowest BCUT2D eigenvalue weighted by Crippen LogP contribution is -2.14. The molecule has 0 bridgehead atoms. The quantitative estimate of drug-likeness (QED) is 0.703. The Morgan fingerprint density at radius 2 is 2.00 bits per heavy atom. The van der Waals surface area contributed by atoms with Crippen LogP contribution in [0.5, 0.6) is 0 Å². The van der Waals surface area contributed by atoms with Gasteiger partial charge in [0.15, 0.2) is 5.69 Å². The fourth-order valence-corrected chi connectivity index (χ4v) is 1.31. The van der Waals surface area contributed by atoms with Crippen molar-refractivity contribution in [1.29, 1.82) is 5.26 Å². The van der Waals surface area contributed by atoms with E-state index in [2.05, 4.69) is 9.97 Å². The molecule has 3 nitrogen and oxygen atoms in total. The molecule has 80 valence electrons. The molecule has 7 heteroatoms. The summed E-state index contributed by atoms with van der Waals surface area (Å²) in [7, 11) is 0. The van der Waals surface area contributed by atoms with E-state index in [1.807, 2.05) is 0 Å². The standard InChI is InChI=1S/C8H5ClF3N3/c1-4-14-6(8(10,11)12)5(2-3-13)7(9)15-4/h2H2,1H3. The van der Waals surface area contributed by atoms with Crippen LogP contribution in [0.4, 0.5) is 13.2 Å². The zero-order chi connectivity index (χ0) is 11.6. The van der Waals surface area contributed by atoms with Crippen molar-refractivity contribution in [3.05, 3.63) is 22.2 Å². The van der Waals surface area contributed by atoms with Crippen LogP contribution in [0.15, 0.2) is 0 Å². The molecular formula is C8H5ClF3N3. The van der Waals surface area contributed by atoms with Crippen LogP contribution in [-0.2, 0) is 12.6 Å². The average molecular weight is 236 g/mol. The predicted molar refractivity (Wildman–Crippen MR) is 46.1 cm³/mol. The van der Waals surface area contributed by atoms with E-state index in [9.17, 15) is 13.2 Å². The minimum Gasteiger partial charge on any atom is -0.228 e. The topological polar surface area (TPSA) is 49.6 Å². The minimum atomic E-state index is -4.62. The van der Waals surface area contributed by atoms with Crippen LogP contribution in [0, 0.1) is 18.3 Å². The Hall–Kier alpha value is -1.35. The summed E-state index contributed by atoms with van der Waals surface area (Å²) in [5.41, 5.74) is -1.51. The summed E-state index contributed by atoms with van der Waals surface area (Å²) >= 11 is 5.52. The maximum absolute atomic E-state index is 12.5. The molecule has 0 aliphatic rings. The summed E-state index contributed by atoms with van der Waals surface area (Å²) in [4.78, 5) is 6.82. The molecule has 0 aromatic carbocycles. The molecule has 0 N–H and O–H groups in total. The van der Waals surface area contributed by atoms with Crippen molar-refractivity contribution in [3.8, 4) is 6.07 Å². The lowest BCUT2D eigenvalue weighted by Gasteiger charge is -2.11. The fraction of sp³-hybridized carbons (Fsp3) is 0.375. The number of aryl methyl sites for hydroxylation is 1. The Labute approximate surface area is 88.5 Å². The number of alkyl halides is 3. The van der Waals surface area contributed by atoms with Gasteiger partial charge >= 0.3 is 6.18 Å². The molecule has 0 fully saturated rings. The predicted octanol–water partition coefficient (Wildman–Crippen LogP) is 2.52. The van der Waals surface area contributed by atoms with Crippen molar-refractivity contribution in [2.45, 2.75) is 19.5 Å². The molecule has 0 unspecified atom stereocenters. The third-order valence-corrected chi connectivity index (χ3v) is 1.91. The first-order valence-corrected chi connectivity index (χ1v) is 4.21. The Bertz CT molecular complexity index is 422. The van der Waals surface area contributed by atoms with Gasteiger partial charge in [-0.15, -0.1) is 0 Å². The molecule has 0 atom stereocenters. The number of nitrogens with zero attached hydrogens (tertiary/aromatic N) is 3. The van der Waals surface area contributed by atoms with Gasteiger partial charge < -0.3 is 0 Å². The summed E-state index contributed by atoms with van der Waals surface area (Å²) in [5, 5.41) is 8.05. The van der Waals surface area contributed by atoms with Crippen LogP contribution < -0.4 is 0 Å². The maximum Gasteiger partial charge on any atom is 0.433 e. The molecule has 1 heterocycles. The lowest BCUT2D eigenvalue weighted by atomic mass is 10.1. The van der Waals surface area contributed by atoms with Crippen LogP contribution >= 0.6 is 11.6 Å². The van der Waals surface area contributed by atoms with E-state index >= 15 is 0 Å². The van der Waals surface area contributed by atoms with Gasteiger partial charge in [-0.2, -0.15) is 18.4 Å². The van der Waals surface area contributed by atoms with Gasteiger partial charge in [-0.25, -0.2) is 9.97 Å². The van der Waals surface area contributed by atoms with Gasteiger partial charge in [0.1, 0.15) is 11.0 Å². The van der Waals surface area contributed by atoms with Crippen molar-refractivity contribution in [2.24, 2.45) is 0 Å². The van der Waals surface area contributed by atoms with E-state index in [0.717, 1.165) is 0 Å². The summed E-state index contributed by atoms with van der Waals surface area (Å²) in [6, 6.07) is 1.59. The second-order valence-electron chi connectivity index (χ2n) is 2.72. The molecular weight excluding hydrogens is 231 g/mol. The maximum atomic E-state index is 12.5. The fourth-order valence-electron chi connectivity index (χ4n) is 1.03. The van der Waals surface area contributed by atoms with Crippen LogP contribution in [0.2, 0.25) is 5.15 Å². The monoisotopic (exact) mass is 235 g/mol. The highest BCUT2D eigenvalue weighted by molar-refractivity contribution is 6.30. The normalized spacial score (nSPS) is 11.2. The molecule has 0 spiro atoms. The largest absolute Gasteiger partial charge is 0.433 e. The highest BCUT2D eigenvalue weighted by Crippen LogP contribution is 2.33. The first-order chi connectivity index (χ1) is 6.86. The average Bonchev–Trinajstić information content (AvgIpc) is 2.07. The molecule has 15 heavy (non-hydrogen) atoms. The second kappa shape index (κ2) is 4.03. The third kappa shape index (κ3) is 2.57. The highest BCUT2D eigenvalue weighted by atomic mass is 35.5. The molecule has 0 radical (unpaired) electrons. The van der Waals surface area contributed by atoms with E-state index < -0.39 is 18.3 Å². The van der Waals surface area contributed by atoms with E-state index in [-0.39, 0.29) is 16.5 Å². The number of halogens is 4. The van der Waals surface area contributed by atoms with Crippen molar-refractivity contribution in [3.63, 3.8) is 0 Å². The number of hydrogen-bond acceptors (Lipinski definition) is 3. The molecule has 0 amide bonds. The van der Waals surface area contributed by atoms with E-state index in [4.69, 9.17) is 16.9 Å². The lowest BCUT2D eigenvalue weighted by molar-refractivity contribution is -0.141. The van der Waals surface area contributed by atoms with E-state index in [0.29, 0.717) is 0 Å². The van der Waals surface area contributed by atoms with Crippen molar-refractivity contribution < 1.29 is 13.2 Å².